The van der Waals surface area contributed by atoms with E-state index in [0.29, 0.717) is 18.4 Å². The van der Waals surface area contributed by atoms with Gasteiger partial charge in [0, 0.05) is 59.2 Å². The lowest BCUT2D eigenvalue weighted by atomic mass is 9.93. The van der Waals surface area contributed by atoms with Crippen molar-refractivity contribution in [3.63, 3.8) is 0 Å². The molecule has 0 aromatic rings. The molecule has 0 aliphatic heterocycles. The smallest absolute Gasteiger partial charge is 0.322 e. The Kier molecular flexibility index (Phi) is 35.5. The third-order valence-electron chi connectivity index (χ3n) is 5.45. The number of terminal acetylenes is 2. The molecule has 0 spiro atoms. The number of carbonyl (C=O) groups is 1. The summed E-state index contributed by atoms with van der Waals surface area (Å²) in [4.78, 5) is 12.5. The zero-order valence-electron chi connectivity index (χ0n) is 34.2. The van der Waals surface area contributed by atoms with E-state index in [1.54, 1.807) is 6.92 Å². The Hall–Kier alpha value is -12.7. The maximum atomic E-state index is 12.5. The molecular weight excluding hydrogens is 789 g/mol. The van der Waals surface area contributed by atoms with Crippen LogP contribution in [0.5, 0.6) is 0 Å². The molecule has 0 aliphatic carbocycles. The minimum Gasteiger partial charge on any atom is -0.371 e. The van der Waals surface area contributed by atoms with Crippen LogP contribution in [0.3, 0.4) is 0 Å². The summed E-state index contributed by atoms with van der Waals surface area (Å²) < 4.78 is 5.01. The molecule has 0 saturated heterocycles. The Morgan fingerprint density at radius 3 is 1.00 bits per heavy atom. The van der Waals surface area contributed by atoms with E-state index in [0.717, 1.165) is 0 Å². The first-order valence-electron chi connectivity index (χ1n) is 17.3. The fraction of sp³-hybridized carbons (Fsp3) is 0.0952. The molecule has 0 fully saturated rings. The van der Waals surface area contributed by atoms with Crippen LogP contribution in [0.25, 0.3) is 0 Å². The summed E-state index contributed by atoms with van der Waals surface area (Å²) in [5.41, 5.74) is 41.4. The van der Waals surface area contributed by atoms with Gasteiger partial charge < -0.3 is 4.74 Å². The summed E-state index contributed by atoms with van der Waals surface area (Å²) in [7, 11) is 0. The van der Waals surface area contributed by atoms with E-state index in [9.17, 15) is 4.79 Å². The van der Waals surface area contributed by atoms with Gasteiger partial charge in [0.25, 0.3) is 0 Å². The first-order chi connectivity index (χ1) is 32.1. The van der Waals surface area contributed by atoms with Gasteiger partial charge in [-0.1, -0.05) is 19.6 Å². The van der Waals surface area contributed by atoms with Gasteiger partial charge in [-0.3, -0.25) is 4.79 Å². The molecule has 65 heavy (non-hydrogen) atoms. The zero-order valence-corrected chi connectivity index (χ0v) is 34.2. The Labute approximate surface area is 382 Å². The highest BCUT2D eigenvalue weighted by molar-refractivity contribution is 5.73. The molecule has 0 radical (unpaired) electrons. The van der Waals surface area contributed by atoms with Gasteiger partial charge in [-0.05, 0) is 259 Å². The summed E-state index contributed by atoms with van der Waals surface area (Å²) in [5.74, 6) is 85.5. The molecule has 280 valence electrons. The fourth-order valence-corrected chi connectivity index (χ4v) is 2.81. The van der Waals surface area contributed by atoms with Gasteiger partial charge in [0.1, 0.15) is 6.11 Å². The standard InChI is InChI=1S/C63H16O2/c1-6-9-12-15-18-21-24-27-30-32-33-35-38-41-44-47-50-53-56-62(55-52-49-46-43-40-37-34-29-26-23-20-17-14-11-8-3)60(4)57-58-61(5)63(64)65-59-54-51-48-45-42-39-36-31-28-25-22-19-16-13-10-7-2/h1-2,60-61H,3,57-58H2,4-5H3. The molecule has 2 nitrogen and oxygen atoms in total. The van der Waals surface area contributed by atoms with E-state index in [-0.39, 0.29) is 5.92 Å². The molecule has 0 amide bonds. The monoisotopic (exact) mass is 804 g/mol. The van der Waals surface area contributed by atoms with Crippen molar-refractivity contribution < 1.29 is 9.53 Å². The molecule has 0 saturated carbocycles. The van der Waals surface area contributed by atoms with Gasteiger partial charge in [-0.2, -0.15) is 0 Å². The minimum absolute atomic E-state index is 0.183. The highest BCUT2D eigenvalue weighted by Gasteiger charge is 2.16. The average Bonchev–Trinajstić information content (AvgIpc) is 3.31. The number of carbonyl (C=O) groups excluding carboxylic acids is 1. The van der Waals surface area contributed by atoms with Crippen molar-refractivity contribution in [2.75, 3.05) is 0 Å². The van der Waals surface area contributed by atoms with Crippen LogP contribution in [0.2, 0.25) is 0 Å². The van der Waals surface area contributed by atoms with E-state index in [4.69, 9.17) is 17.6 Å². The maximum Gasteiger partial charge on any atom is 0.322 e. The van der Waals surface area contributed by atoms with Gasteiger partial charge in [-0.15, -0.1) is 12.8 Å². The number of hydrogen-bond donors (Lipinski definition) is 0. The number of esters is 1. The molecule has 0 heterocycles. The van der Waals surface area contributed by atoms with Crippen LogP contribution < -0.4 is 0 Å². The second kappa shape index (κ2) is 44.0. The maximum absolute atomic E-state index is 12.5. The average molecular weight is 805 g/mol. The lowest BCUT2D eigenvalue weighted by Gasteiger charge is -2.12. The van der Waals surface area contributed by atoms with E-state index in [1.165, 1.54) is 0 Å². The van der Waals surface area contributed by atoms with Gasteiger partial charge in [-0.25, -0.2) is 0 Å². The van der Waals surface area contributed by atoms with E-state index >= 15 is 0 Å². The molecule has 0 rings (SSSR count). The van der Waals surface area contributed by atoms with Crippen LogP contribution >= 0.6 is 0 Å². The van der Waals surface area contributed by atoms with Gasteiger partial charge in [0.2, 0.25) is 0 Å². The first kappa shape index (κ1) is 52.3. The van der Waals surface area contributed by atoms with Gasteiger partial charge in [0.15, 0.2) is 0 Å². The van der Waals surface area contributed by atoms with Crippen LogP contribution in [-0.2, 0) is 9.53 Å². The lowest BCUT2D eigenvalue weighted by molar-refractivity contribution is -0.141. The minimum atomic E-state index is -0.530. The number of ether oxygens (including phenoxy) is 1. The molecule has 0 bridgehead atoms. The van der Waals surface area contributed by atoms with Crippen LogP contribution in [0.4, 0.5) is 0 Å². The molecule has 0 aromatic carbocycles. The fourth-order valence-electron chi connectivity index (χ4n) is 2.81. The second-order valence-electron chi connectivity index (χ2n) is 9.78. The third-order valence-corrected chi connectivity index (χ3v) is 5.45. The summed E-state index contributed by atoms with van der Waals surface area (Å²) in [6.07, 6.45) is 13.2. The third kappa shape index (κ3) is 39.4. The second-order valence-corrected chi connectivity index (χ2v) is 9.78. The van der Waals surface area contributed by atoms with Crippen molar-refractivity contribution in [2.45, 2.75) is 26.7 Å². The number of hydrogen-bond acceptors (Lipinski definition) is 2. The first-order valence-corrected chi connectivity index (χ1v) is 17.3. The largest absolute Gasteiger partial charge is 0.371 e. The topological polar surface area (TPSA) is 26.3 Å². The van der Waals surface area contributed by atoms with Crippen molar-refractivity contribution in [1.29, 1.82) is 0 Å². The Balaban J connectivity index is 6.07. The number of rotatable bonds is 5. The Bertz CT molecular complexity index is 3900. The van der Waals surface area contributed by atoms with E-state index in [2.05, 4.69) is 312 Å². The van der Waals surface area contributed by atoms with Crippen LogP contribution in [0.1, 0.15) is 26.7 Å². The predicted octanol–water partition coefficient (Wildman–Crippen LogP) is 4.90. The summed E-state index contributed by atoms with van der Waals surface area (Å²) in [6, 6.07) is 0. The van der Waals surface area contributed by atoms with Crippen molar-refractivity contribution in [3.05, 3.63) is 104 Å². The van der Waals surface area contributed by atoms with E-state index < -0.39 is 11.9 Å². The molecule has 2 heteroatoms. The molecule has 2 atom stereocenters. The van der Waals surface area contributed by atoms with Crippen molar-refractivity contribution in [1.82, 2.24) is 0 Å². The highest BCUT2D eigenvalue weighted by Crippen LogP contribution is 2.19. The van der Waals surface area contributed by atoms with Crippen molar-refractivity contribution in [3.8, 4) is 226 Å². The zero-order chi connectivity index (χ0) is 47.2. The van der Waals surface area contributed by atoms with Crippen LogP contribution in [0, 0.1) is 238 Å². The highest BCUT2D eigenvalue weighted by atomic mass is 16.5. The Morgan fingerprint density at radius 2 is 0.662 bits per heavy atom. The van der Waals surface area contributed by atoms with Crippen LogP contribution in [-0.4, -0.2) is 5.97 Å². The summed E-state index contributed by atoms with van der Waals surface area (Å²) >= 11 is 0. The normalized spacial score (nSPS) is 6.09. The summed E-state index contributed by atoms with van der Waals surface area (Å²) in [5, 5.41) is 0. The Morgan fingerprint density at radius 1 is 0.385 bits per heavy atom. The summed E-state index contributed by atoms with van der Waals surface area (Å²) in [6.45, 7) is 6.95. The SMILES string of the molecule is C#CC#CC#CC#CC#CC#CC#CC#CC#CC#CC(=C=C=C=C=C=C=C=C=C=C=C=C=C=C=C=C=C)C(C)CCC(C)C(=O)OC#CC#CC#CC#CC#CC#CC#CC#CC#C. The van der Waals surface area contributed by atoms with E-state index in [1.807, 2.05) is 6.92 Å². The van der Waals surface area contributed by atoms with Crippen LogP contribution in [0.15, 0.2) is 104 Å². The van der Waals surface area contributed by atoms with Crippen molar-refractivity contribution in [2.24, 2.45) is 11.8 Å². The van der Waals surface area contributed by atoms with Gasteiger partial charge in [0.05, 0.1) is 11.5 Å². The van der Waals surface area contributed by atoms with Crippen molar-refractivity contribution >= 4 is 5.97 Å². The van der Waals surface area contributed by atoms with Gasteiger partial charge >= 0.3 is 5.97 Å². The molecule has 0 aromatic heterocycles. The predicted molar refractivity (Wildman–Crippen MR) is 249 cm³/mol. The quantitative estimate of drug-likeness (QED) is 0.225. The lowest BCUT2D eigenvalue weighted by Crippen LogP contribution is -2.13. The molecule has 0 aliphatic rings. The molecule has 0 N–H and O–H groups in total. The number of allylic oxidation sites excluding steroid dienone is 1. The molecular formula is C63H16O2. The molecule has 2 unspecified atom stereocenters.